The standard InChI is InChI=1S/C14H19F2.Ti/c1-3-5-6-11(4-2)9-12-7-8-13(15)10-14(12)16;/h7-8,11H,3-6,9H2,1-2H3;. The summed E-state index contributed by atoms with van der Waals surface area (Å²) in [5.74, 6) is -0.661. The Morgan fingerprint density at radius 1 is 1.24 bits per heavy atom. The van der Waals surface area contributed by atoms with Crippen LogP contribution in [-0.2, 0) is 28.1 Å². The molecule has 0 fully saturated rings. The van der Waals surface area contributed by atoms with Crippen molar-refractivity contribution in [2.45, 2.75) is 46.0 Å². The summed E-state index contributed by atoms with van der Waals surface area (Å²) >= 11 is 0. The number of hydrogen-bond acceptors (Lipinski definition) is 0. The Balaban J connectivity index is 0.00000256. The summed E-state index contributed by atoms with van der Waals surface area (Å²) in [5.41, 5.74) is 0.587. The van der Waals surface area contributed by atoms with Gasteiger partial charge in [-0.3, -0.25) is 0 Å². The van der Waals surface area contributed by atoms with Crippen molar-refractivity contribution in [1.29, 1.82) is 0 Å². The summed E-state index contributed by atoms with van der Waals surface area (Å²) in [5, 5.41) is 0. The van der Waals surface area contributed by atoms with Crippen molar-refractivity contribution in [3.63, 3.8) is 0 Å². The number of halogens is 2. The van der Waals surface area contributed by atoms with Crippen molar-refractivity contribution in [3.8, 4) is 0 Å². The van der Waals surface area contributed by atoms with E-state index in [2.05, 4.69) is 19.9 Å². The molecule has 1 radical (unpaired) electrons. The van der Waals surface area contributed by atoms with Crippen molar-refractivity contribution in [3.05, 3.63) is 35.4 Å². The molecule has 0 amide bonds. The van der Waals surface area contributed by atoms with E-state index >= 15 is 0 Å². The van der Waals surface area contributed by atoms with E-state index in [1.54, 1.807) is 0 Å². The van der Waals surface area contributed by atoms with E-state index in [1.807, 2.05) is 0 Å². The maximum atomic E-state index is 13.4. The molecule has 1 aromatic rings. The van der Waals surface area contributed by atoms with E-state index in [9.17, 15) is 8.78 Å². The third-order valence-electron chi connectivity index (χ3n) is 2.99. The van der Waals surface area contributed by atoms with E-state index in [4.69, 9.17) is 0 Å². The molecule has 1 rings (SSSR count). The Hall–Kier alpha value is -0.206. The minimum atomic E-state index is -0.622. The van der Waals surface area contributed by atoms with E-state index in [-0.39, 0.29) is 21.7 Å². The fourth-order valence-corrected chi connectivity index (χ4v) is 1.89. The summed E-state index contributed by atoms with van der Waals surface area (Å²) in [6, 6.07) is 4.91. The first kappa shape index (κ1) is 16.8. The van der Waals surface area contributed by atoms with E-state index in [0.29, 0.717) is 17.9 Å². The summed E-state index contributed by atoms with van der Waals surface area (Å²) in [4.78, 5) is 0. The molecule has 0 N–H and O–H groups in total. The van der Waals surface area contributed by atoms with Gasteiger partial charge in [-0.15, -0.1) is 0 Å². The Morgan fingerprint density at radius 2 is 1.94 bits per heavy atom. The molecule has 17 heavy (non-hydrogen) atoms. The van der Waals surface area contributed by atoms with Crippen LogP contribution in [0.15, 0.2) is 12.1 Å². The van der Waals surface area contributed by atoms with Crippen LogP contribution in [0.4, 0.5) is 8.78 Å². The molecular formula is C14H19F2Ti. The number of hydrogen-bond donors (Lipinski definition) is 0. The first-order chi connectivity index (χ1) is 7.67. The Morgan fingerprint density at radius 3 is 2.47 bits per heavy atom. The molecule has 0 saturated heterocycles. The average molecular weight is 273 g/mol. The first-order valence-corrected chi connectivity index (χ1v) is 6.03. The summed E-state index contributed by atoms with van der Waals surface area (Å²) in [6.07, 6.45) is 5.18. The Bertz CT molecular complexity index is 326. The molecule has 0 bridgehead atoms. The third kappa shape index (κ3) is 5.78. The van der Waals surface area contributed by atoms with Gasteiger partial charge in [-0.25, -0.2) is 8.78 Å². The molecule has 1 unspecified atom stereocenters. The minimum Gasteiger partial charge on any atom is -0.206 e. The fourth-order valence-electron chi connectivity index (χ4n) is 1.89. The number of unbranched alkanes of at least 4 members (excludes halogenated alkanes) is 1. The molecule has 93 valence electrons. The van der Waals surface area contributed by atoms with Gasteiger partial charge in [-0.1, -0.05) is 45.6 Å². The molecule has 1 atom stereocenters. The molecule has 0 spiro atoms. The zero-order valence-electron chi connectivity index (χ0n) is 10.5. The molecular weight excluding hydrogens is 254 g/mol. The second-order valence-electron chi connectivity index (χ2n) is 4.27. The van der Waals surface area contributed by atoms with Crippen LogP contribution in [0.5, 0.6) is 0 Å². The first-order valence-electron chi connectivity index (χ1n) is 6.03. The summed E-state index contributed by atoms with van der Waals surface area (Å²) in [7, 11) is 0. The Labute approximate surface area is 118 Å². The van der Waals surface area contributed by atoms with Crippen LogP contribution in [0.1, 0.15) is 45.1 Å². The van der Waals surface area contributed by atoms with Gasteiger partial charge in [0.05, 0.1) is 6.07 Å². The second-order valence-corrected chi connectivity index (χ2v) is 4.27. The van der Waals surface area contributed by atoms with E-state index in [1.165, 1.54) is 18.6 Å². The average Bonchev–Trinajstić information content (AvgIpc) is 2.27. The maximum absolute atomic E-state index is 13.4. The number of benzene rings is 1. The smallest absolute Gasteiger partial charge is 0.137 e. The van der Waals surface area contributed by atoms with Crippen LogP contribution in [0.3, 0.4) is 0 Å². The van der Waals surface area contributed by atoms with Crippen molar-refractivity contribution >= 4 is 0 Å². The molecule has 3 heteroatoms. The molecule has 0 nitrogen and oxygen atoms in total. The molecule has 0 aromatic heterocycles. The fraction of sp³-hybridized carbons (Fsp3) is 0.571. The minimum absolute atomic E-state index is 0. The molecule has 1 aromatic carbocycles. The van der Waals surface area contributed by atoms with Crippen molar-refractivity contribution < 1.29 is 30.5 Å². The predicted molar refractivity (Wildman–Crippen MR) is 62.2 cm³/mol. The molecule has 0 saturated carbocycles. The van der Waals surface area contributed by atoms with Gasteiger partial charge in [0, 0.05) is 21.7 Å². The van der Waals surface area contributed by atoms with Crippen LogP contribution in [0.25, 0.3) is 0 Å². The zero-order valence-corrected chi connectivity index (χ0v) is 12.1. The molecule has 0 heterocycles. The van der Waals surface area contributed by atoms with Gasteiger partial charge in [-0.05, 0) is 24.0 Å². The van der Waals surface area contributed by atoms with Crippen molar-refractivity contribution in [2.24, 2.45) is 5.92 Å². The van der Waals surface area contributed by atoms with Crippen LogP contribution in [-0.4, -0.2) is 0 Å². The molecule has 0 aliphatic heterocycles. The summed E-state index contributed by atoms with van der Waals surface area (Å²) < 4.78 is 26.0. The third-order valence-corrected chi connectivity index (χ3v) is 2.99. The normalized spacial score (nSPS) is 12.0. The molecule has 0 aliphatic carbocycles. The van der Waals surface area contributed by atoms with Crippen LogP contribution >= 0.6 is 0 Å². The second kappa shape index (κ2) is 8.82. The van der Waals surface area contributed by atoms with Gasteiger partial charge in [-0.2, -0.15) is 0 Å². The van der Waals surface area contributed by atoms with Gasteiger partial charge in [0.25, 0.3) is 0 Å². The van der Waals surface area contributed by atoms with Gasteiger partial charge in [0.15, 0.2) is 0 Å². The van der Waals surface area contributed by atoms with Crippen molar-refractivity contribution in [2.75, 3.05) is 0 Å². The SMILES string of the molecule is CCCCC(CC)Cc1ccc(F)[c]c1F.[Ti]. The summed E-state index contributed by atoms with van der Waals surface area (Å²) in [6.45, 7) is 4.27. The van der Waals surface area contributed by atoms with E-state index in [0.717, 1.165) is 19.3 Å². The molecule has 0 aliphatic rings. The monoisotopic (exact) mass is 273 g/mol. The van der Waals surface area contributed by atoms with Crippen LogP contribution in [0.2, 0.25) is 0 Å². The van der Waals surface area contributed by atoms with Gasteiger partial charge >= 0.3 is 0 Å². The van der Waals surface area contributed by atoms with E-state index < -0.39 is 11.6 Å². The zero-order chi connectivity index (χ0) is 12.0. The largest absolute Gasteiger partial charge is 0.206 e. The van der Waals surface area contributed by atoms with Gasteiger partial charge < -0.3 is 0 Å². The quantitative estimate of drug-likeness (QED) is 0.668. The maximum Gasteiger partial charge on any atom is 0.137 e. The van der Waals surface area contributed by atoms with Crippen LogP contribution in [0, 0.1) is 23.6 Å². The van der Waals surface area contributed by atoms with Gasteiger partial charge in [0.2, 0.25) is 0 Å². The van der Waals surface area contributed by atoms with Gasteiger partial charge in [0.1, 0.15) is 11.6 Å². The predicted octanol–water partition coefficient (Wildman–Crippen LogP) is 4.52. The topological polar surface area (TPSA) is 0 Å². The van der Waals surface area contributed by atoms with Crippen LogP contribution < -0.4 is 0 Å². The number of rotatable bonds is 6. The Kier molecular flexibility index (Phi) is 8.72. The van der Waals surface area contributed by atoms with Crippen molar-refractivity contribution in [1.82, 2.24) is 0 Å².